The molecule has 10 heteroatoms. The Labute approximate surface area is 183 Å². The fourth-order valence-electron chi connectivity index (χ4n) is 3.02. The molecule has 0 aliphatic carbocycles. The molecule has 0 radical (unpaired) electrons. The zero-order valence-corrected chi connectivity index (χ0v) is 17.4. The number of nitrogens with one attached hydrogen (secondary N) is 2. The van der Waals surface area contributed by atoms with E-state index in [0.29, 0.717) is 31.1 Å². The molecule has 0 unspecified atom stereocenters. The number of amides is 1. The predicted molar refractivity (Wildman–Crippen MR) is 114 cm³/mol. The molecule has 0 spiro atoms. The second-order valence-corrected chi connectivity index (χ2v) is 8.60. The number of anilines is 2. The first-order valence-corrected chi connectivity index (χ1v) is 11.1. The Bertz CT molecular complexity index is 1260. The lowest BCUT2D eigenvalue weighted by molar-refractivity contribution is 0.102. The summed E-state index contributed by atoms with van der Waals surface area (Å²) in [5.41, 5.74) is 0.0772. The van der Waals surface area contributed by atoms with Gasteiger partial charge in [0.15, 0.2) is 11.5 Å². The van der Waals surface area contributed by atoms with Crippen LogP contribution >= 0.6 is 0 Å². The second kappa shape index (κ2) is 8.83. The third-order valence-electron chi connectivity index (χ3n) is 4.60. The maximum Gasteiger partial charge on any atom is 0.262 e. The minimum absolute atomic E-state index is 0.000656. The molecular weight excluding hydrogens is 442 g/mol. The first-order chi connectivity index (χ1) is 15.3. The van der Waals surface area contributed by atoms with Crippen LogP contribution in [0.5, 0.6) is 11.5 Å². The summed E-state index contributed by atoms with van der Waals surface area (Å²) in [6, 6.07) is 12.6. The van der Waals surface area contributed by atoms with Gasteiger partial charge in [-0.2, -0.15) is 0 Å². The highest BCUT2D eigenvalue weighted by Crippen LogP contribution is 2.32. The molecule has 0 bridgehead atoms. The Morgan fingerprint density at radius 1 is 0.844 bits per heavy atom. The molecule has 3 aromatic carbocycles. The zero-order chi connectivity index (χ0) is 22.7. The van der Waals surface area contributed by atoms with Crippen molar-refractivity contribution in [3.63, 3.8) is 0 Å². The molecule has 0 saturated heterocycles. The van der Waals surface area contributed by atoms with Crippen molar-refractivity contribution < 1.29 is 31.5 Å². The number of carbonyl (C=O) groups excluding carboxylic acids is 1. The van der Waals surface area contributed by atoms with Gasteiger partial charge in [0, 0.05) is 23.9 Å². The first kappa shape index (κ1) is 21.6. The van der Waals surface area contributed by atoms with Crippen molar-refractivity contribution in [2.45, 2.75) is 11.3 Å². The van der Waals surface area contributed by atoms with Crippen molar-refractivity contribution in [3.05, 3.63) is 77.9 Å². The van der Waals surface area contributed by atoms with Crippen LogP contribution in [0.15, 0.2) is 65.6 Å². The zero-order valence-electron chi connectivity index (χ0n) is 16.6. The number of benzene rings is 3. The van der Waals surface area contributed by atoms with E-state index < -0.39 is 33.1 Å². The van der Waals surface area contributed by atoms with E-state index in [2.05, 4.69) is 10.0 Å². The van der Waals surface area contributed by atoms with Crippen LogP contribution in [0.25, 0.3) is 0 Å². The number of rotatable bonds is 5. The molecular formula is C22H18F2N2O5S. The molecule has 1 amide bonds. The van der Waals surface area contributed by atoms with E-state index >= 15 is 0 Å². The van der Waals surface area contributed by atoms with E-state index in [9.17, 15) is 22.0 Å². The third-order valence-corrected chi connectivity index (χ3v) is 5.98. The average Bonchev–Trinajstić information content (AvgIpc) is 3.01. The van der Waals surface area contributed by atoms with Crippen LogP contribution in [0.2, 0.25) is 0 Å². The van der Waals surface area contributed by atoms with E-state index in [1.807, 2.05) is 0 Å². The van der Waals surface area contributed by atoms with Gasteiger partial charge < -0.3 is 14.8 Å². The van der Waals surface area contributed by atoms with Crippen molar-refractivity contribution in [3.8, 4) is 11.5 Å². The molecule has 166 valence electrons. The lowest BCUT2D eigenvalue weighted by Gasteiger charge is -2.12. The smallest absolute Gasteiger partial charge is 0.262 e. The number of hydrogen-bond donors (Lipinski definition) is 2. The topological polar surface area (TPSA) is 93.7 Å². The van der Waals surface area contributed by atoms with E-state index in [-0.39, 0.29) is 16.3 Å². The van der Waals surface area contributed by atoms with Crippen LogP contribution < -0.4 is 19.5 Å². The average molecular weight is 460 g/mol. The number of carbonyl (C=O) groups is 1. The molecule has 7 nitrogen and oxygen atoms in total. The normalized spacial score (nSPS) is 13.2. The number of halogens is 2. The summed E-state index contributed by atoms with van der Waals surface area (Å²) < 4.78 is 66.0. The van der Waals surface area contributed by atoms with Crippen molar-refractivity contribution in [1.82, 2.24) is 0 Å². The number of ether oxygens (including phenoxy) is 2. The highest BCUT2D eigenvalue weighted by molar-refractivity contribution is 7.92. The van der Waals surface area contributed by atoms with Crippen LogP contribution in [-0.4, -0.2) is 27.5 Å². The SMILES string of the molecule is O=C(Nc1ccc(NS(=O)(=O)c2ccc3c(c2)OCCCO3)cc1)c1cc(F)ccc1F. The van der Waals surface area contributed by atoms with Gasteiger partial charge in [0.2, 0.25) is 0 Å². The maximum atomic E-state index is 13.7. The fraction of sp³-hybridized carbons (Fsp3) is 0.136. The van der Waals surface area contributed by atoms with Crippen molar-refractivity contribution >= 4 is 27.3 Å². The number of sulfonamides is 1. The molecule has 3 aromatic rings. The van der Waals surface area contributed by atoms with Crippen molar-refractivity contribution in [2.24, 2.45) is 0 Å². The van der Waals surface area contributed by atoms with E-state index in [1.165, 1.54) is 36.4 Å². The molecule has 1 heterocycles. The van der Waals surface area contributed by atoms with Crippen LogP contribution in [0.3, 0.4) is 0 Å². The molecule has 1 aliphatic heterocycles. The van der Waals surface area contributed by atoms with Crippen LogP contribution in [0.1, 0.15) is 16.8 Å². The predicted octanol–water partition coefficient (Wildman–Crippen LogP) is 4.18. The summed E-state index contributed by atoms with van der Waals surface area (Å²) >= 11 is 0. The van der Waals surface area contributed by atoms with Gasteiger partial charge in [-0.3, -0.25) is 9.52 Å². The summed E-state index contributed by atoms with van der Waals surface area (Å²) in [6.45, 7) is 0.919. The van der Waals surface area contributed by atoms with E-state index in [0.717, 1.165) is 18.2 Å². The highest BCUT2D eigenvalue weighted by Gasteiger charge is 2.19. The minimum Gasteiger partial charge on any atom is -0.490 e. The van der Waals surface area contributed by atoms with Crippen molar-refractivity contribution in [1.29, 1.82) is 0 Å². The monoisotopic (exact) mass is 460 g/mol. The highest BCUT2D eigenvalue weighted by atomic mass is 32.2. The fourth-order valence-corrected chi connectivity index (χ4v) is 4.09. The molecule has 2 N–H and O–H groups in total. The van der Waals surface area contributed by atoms with Gasteiger partial charge >= 0.3 is 0 Å². The van der Waals surface area contributed by atoms with Gasteiger partial charge in [-0.05, 0) is 54.6 Å². The quantitative estimate of drug-likeness (QED) is 0.596. The van der Waals surface area contributed by atoms with E-state index in [4.69, 9.17) is 9.47 Å². The van der Waals surface area contributed by atoms with Gasteiger partial charge in [0.1, 0.15) is 11.6 Å². The maximum absolute atomic E-state index is 13.7. The summed E-state index contributed by atoms with van der Waals surface area (Å²) in [5.74, 6) is -1.59. The molecule has 1 aliphatic rings. The van der Waals surface area contributed by atoms with Crippen molar-refractivity contribution in [2.75, 3.05) is 23.3 Å². The second-order valence-electron chi connectivity index (χ2n) is 6.92. The summed E-state index contributed by atoms with van der Waals surface area (Å²) in [5, 5.41) is 2.43. The lowest BCUT2D eigenvalue weighted by atomic mass is 10.2. The number of hydrogen-bond acceptors (Lipinski definition) is 5. The largest absolute Gasteiger partial charge is 0.490 e. The summed E-state index contributed by atoms with van der Waals surface area (Å²) in [7, 11) is -3.91. The Morgan fingerprint density at radius 2 is 1.53 bits per heavy atom. The Kier molecular flexibility index (Phi) is 5.95. The Hall–Kier alpha value is -3.66. The summed E-state index contributed by atoms with van der Waals surface area (Å²) in [4.78, 5) is 12.2. The van der Waals surface area contributed by atoms with E-state index in [1.54, 1.807) is 6.07 Å². The lowest BCUT2D eigenvalue weighted by Crippen LogP contribution is -2.15. The molecule has 0 atom stereocenters. The van der Waals surface area contributed by atoms with Crippen LogP contribution in [0, 0.1) is 11.6 Å². The Morgan fingerprint density at radius 3 is 2.28 bits per heavy atom. The molecule has 4 rings (SSSR count). The van der Waals surface area contributed by atoms with Crippen LogP contribution in [0.4, 0.5) is 20.2 Å². The molecule has 0 aromatic heterocycles. The summed E-state index contributed by atoms with van der Waals surface area (Å²) in [6.07, 6.45) is 0.698. The van der Waals surface area contributed by atoms with Gasteiger partial charge in [0.25, 0.3) is 15.9 Å². The van der Waals surface area contributed by atoms with Crippen LogP contribution in [-0.2, 0) is 10.0 Å². The molecule has 32 heavy (non-hydrogen) atoms. The van der Waals surface area contributed by atoms with Gasteiger partial charge in [-0.1, -0.05) is 0 Å². The molecule has 0 fully saturated rings. The van der Waals surface area contributed by atoms with Gasteiger partial charge in [-0.15, -0.1) is 0 Å². The minimum atomic E-state index is -3.91. The van der Waals surface area contributed by atoms with Gasteiger partial charge in [-0.25, -0.2) is 17.2 Å². The third kappa shape index (κ3) is 4.80. The molecule has 0 saturated carbocycles. The first-order valence-electron chi connectivity index (χ1n) is 9.61. The van der Waals surface area contributed by atoms with Gasteiger partial charge in [0.05, 0.1) is 23.7 Å². The standard InChI is InChI=1S/C22H18F2N2O5S/c23-14-2-8-19(24)18(12-14)22(27)25-15-3-5-16(6-4-15)26-32(28,29)17-7-9-20-21(13-17)31-11-1-10-30-20/h2-9,12-13,26H,1,10-11H2,(H,25,27). The Balaban J connectivity index is 1.47. The number of fused-ring (bicyclic) bond motifs is 1.